The van der Waals surface area contributed by atoms with Crippen molar-refractivity contribution in [2.45, 2.75) is 20.3 Å². The number of carbonyl (C=O) groups excluding carboxylic acids is 1. The van der Waals surface area contributed by atoms with E-state index in [2.05, 4.69) is 37.7 Å². The molecule has 1 aromatic heterocycles. The van der Waals surface area contributed by atoms with Crippen LogP contribution in [0.2, 0.25) is 0 Å². The highest BCUT2D eigenvalue weighted by atomic mass is 79.9. The number of anilines is 1. The lowest BCUT2D eigenvalue weighted by Gasteiger charge is -2.35. The van der Waals surface area contributed by atoms with Gasteiger partial charge in [0.05, 0.1) is 0 Å². The van der Waals surface area contributed by atoms with Crippen LogP contribution in [0.5, 0.6) is 5.75 Å². The first kappa shape index (κ1) is 18.6. The minimum Gasteiger partial charge on any atom is -0.484 e. The zero-order valence-electron chi connectivity index (χ0n) is 15.1. The van der Waals surface area contributed by atoms with Crippen molar-refractivity contribution < 1.29 is 9.53 Å². The molecule has 1 fully saturated rings. The maximum atomic E-state index is 12.4. The molecule has 0 aliphatic carbocycles. The van der Waals surface area contributed by atoms with E-state index >= 15 is 0 Å². The number of aromatic nitrogens is 2. The number of rotatable bonds is 5. The topological polar surface area (TPSA) is 58.6 Å². The fraction of sp³-hybridized carbons (Fsp3) is 0.421. The Morgan fingerprint density at radius 3 is 2.50 bits per heavy atom. The van der Waals surface area contributed by atoms with Gasteiger partial charge in [-0.3, -0.25) is 4.79 Å². The first-order valence-corrected chi connectivity index (χ1v) is 9.60. The van der Waals surface area contributed by atoms with Crippen LogP contribution in [0.4, 0.5) is 5.82 Å². The maximum Gasteiger partial charge on any atom is 0.260 e. The Hall–Kier alpha value is -2.15. The van der Waals surface area contributed by atoms with Crippen LogP contribution < -0.4 is 9.64 Å². The van der Waals surface area contributed by atoms with E-state index in [1.165, 1.54) is 0 Å². The van der Waals surface area contributed by atoms with Crippen LogP contribution in [-0.2, 0) is 11.2 Å². The van der Waals surface area contributed by atoms with Gasteiger partial charge in [0.15, 0.2) is 6.61 Å². The van der Waals surface area contributed by atoms with E-state index in [-0.39, 0.29) is 12.5 Å². The fourth-order valence-corrected chi connectivity index (χ4v) is 3.17. The smallest absolute Gasteiger partial charge is 0.260 e. The Labute approximate surface area is 162 Å². The molecule has 3 rings (SSSR count). The molecule has 2 aromatic rings. The zero-order valence-corrected chi connectivity index (χ0v) is 16.7. The third kappa shape index (κ3) is 4.72. The second kappa shape index (κ2) is 8.49. The van der Waals surface area contributed by atoms with Crippen LogP contribution in [0.25, 0.3) is 0 Å². The van der Waals surface area contributed by atoms with Crippen molar-refractivity contribution in [1.29, 1.82) is 0 Å². The van der Waals surface area contributed by atoms with E-state index in [4.69, 9.17) is 4.74 Å². The van der Waals surface area contributed by atoms with Crippen LogP contribution in [-0.4, -0.2) is 53.6 Å². The van der Waals surface area contributed by atoms with Crippen LogP contribution in [0, 0.1) is 6.92 Å². The van der Waals surface area contributed by atoms with E-state index in [0.717, 1.165) is 41.3 Å². The minimum atomic E-state index is 0.0145. The minimum absolute atomic E-state index is 0.0145. The number of hydrogen-bond acceptors (Lipinski definition) is 5. The van der Waals surface area contributed by atoms with Gasteiger partial charge in [0.25, 0.3) is 5.91 Å². The Morgan fingerprint density at radius 1 is 1.15 bits per heavy atom. The second-order valence-electron chi connectivity index (χ2n) is 6.23. The van der Waals surface area contributed by atoms with E-state index in [0.29, 0.717) is 18.8 Å². The Balaban J connectivity index is 1.52. The maximum absolute atomic E-state index is 12.4. The molecule has 0 saturated carbocycles. The fourth-order valence-electron chi connectivity index (χ4n) is 2.91. The molecule has 6 nitrogen and oxygen atoms in total. The monoisotopic (exact) mass is 418 g/mol. The van der Waals surface area contributed by atoms with E-state index < -0.39 is 0 Å². The average Bonchev–Trinajstić information content (AvgIpc) is 2.67. The van der Waals surface area contributed by atoms with Crippen molar-refractivity contribution in [3.05, 3.63) is 46.3 Å². The summed E-state index contributed by atoms with van der Waals surface area (Å²) in [6, 6.07) is 9.52. The summed E-state index contributed by atoms with van der Waals surface area (Å²) in [4.78, 5) is 25.4. The highest BCUT2D eigenvalue weighted by molar-refractivity contribution is 9.10. The Morgan fingerprint density at radius 2 is 1.85 bits per heavy atom. The van der Waals surface area contributed by atoms with Gasteiger partial charge in [0.2, 0.25) is 0 Å². The molecule has 0 spiro atoms. The third-order valence-electron chi connectivity index (χ3n) is 4.37. The number of benzene rings is 1. The van der Waals surface area contributed by atoms with Gasteiger partial charge >= 0.3 is 0 Å². The molecular formula is C19H23BrN4O2. The van der Waals surface area contributed by atoms with Crippen molar-refractivity contribution in [3.63, 3.8) is 0 Å². The first-order valence-electron chi connectivity index (χ1n) is 8.81. The molecule has 1 aliphatic rings. The molecule has 0 bridgehead atoms. The predicted octanol–water partition coefficient (Wildman–Crippen LogP) is 2.84. The number of piperazine rings is 1. The summed E-state index contributed by atoms with van der Waals surface area (Å²) in [5, 5.41) is 0. The third-order valence-corrected chi connectivity index (χ3v) is 4.90. The summed E-state index contributed by atoms with van der Waals surface area (Å²) >= 11 is 3.38. The lowest BCUT2D eigenvalue weighted by Crippen LogP contribution is -2.50. The number of ether oxygens (including phenoxy) is 1. The number of aryl methyl sites for hydroxylation is 2. The number of hydrogen-bond donors (Lipinski definition) is 0. The van der Waals surface area contributed by atoms with Crippen molar-refractivity contribution in [1.82, 2.24) is 14.9 Å². The van der Waals surface area contributed by atoms with E-state index in [9.17, 15) is 4.79 Å². The highest BCUT2D eigenvalue weighted by Gasteiger charge is 2.22. The predicted molar refractivity (Wildman–Crippen MR) is 105 cm³/mol. The molecule has 138 valence electrons. The summed E-state index contributed by atoms with van der Waals surface area (Å²) in [5.74, 6) is 2.46. The Bertz CT molecular complexity index is 759. The summed E-state index contributed by atoms with van der Waals surface area (Å²) in [6.45, 7) is 6.96. The molecule has 2 heterocycles. The van der Waals surface area contributed by atoms with Gasteiger partial charge in [-0.15, -0.1) is 0 Å². The number of amides is 1. The molecule has 7 heteroatoms. The average molecular weight is 419 g/mol. The summed E-state index contributed by atoms with van der Waals surface area (Å²) in [7, 11) is 0. The molecule has 1 amide bonds. The van der Waals surface area contributed by atoms with Gasteiger partial charge in [-0.25, -0.2) is 9.97 Å². The summed E-state index contributed by atoms with van der Waals surface area (Å²) in [5.41, 5.74) is 1.05. The van der Waals surface area contributed by atoms with Gasteiger partial charge < -0.3 is 14.5 Å². The van der Waals surface area contributed by atoms with Crippen LogP contribution >= 0.6 is 15.9 Å². The van der Waals surface area contributed by atoms with Gasteiger partial charge in [0, 0.05) is 42.4 Å². The number of halogens is 1. The highest BCUT2D eigenvalue weighted by Crippen LogP contribution is 2.17. The lowest BCUT2D eigenvalue weighted by atomic mass is 10.2. The normalized spacial score (nSPS) is 14.4. The lowest BCUT2D eigenvalue weighted by molar-refractivity contribution is -0.133. The standard InChI is InChI=1S/C19H23BrN4O2/c1-3-16-12-18(22-14(2)21-16)23-8-10-24(11-9-23)19(25)13-26-17-6-4-15(20)5-7-17/h4-7,12H,3,8-11,13H2,1-2H3. The van der Waals surface area contributed by atoms with Crippen LogP contribution in [0.3, 0.4) is 0 Å². The summed E-state index contributed by atoms with van der Waals surface area (Å²) < 4.78 is 6.57. The molecule has 26 heavy (non-hydrogen) atoms. The van der Waals surface area contributed by atoms with Crippen molar-refractivity contribution in [2.75, 3.05) is 37.7 Å². The molecule has 0 atom stereocenters. The van der Waals surface area contributed by atoms with Gasteiger partial charge in [0.1, 0.15) is 17.4 Å². The second-order valence-corrected chi connectivity index (χ2v) is 7.14. The number of nitrogens with zero attached hydrogens (tertiary/aromatic N) is 4. The van der Waals surface area contributed by atoms with E-state index in [1.54, 1.807) is 0 Å². The largest absolute Gasteiger partial charge is 0.484 e. The Kier molecular flexibility index (Phi) is 6.08. The molecule has 0 unspecified atom stereocenters. The molecule has 1 aromatic carbocycles. The quantitative estimate of drug-likeness (QED) is 0.746. The molecule has 0 radical (unpaired) electrons. The SMILES string of the molecule is CCc1cc(N2CCN(C(=O)COc3ccc(Br)cc3)CC2)nc(C)n1. The first-order chi connectivity index (χ1) is 12.5. The summed E-state index contributed by atoms with van der Waals surface area (Å²) in [6.07, 6.45) is 0.891. The van der Waals surface area contributed by atoms with Gasteiger partial charge in [-0.2, -0.15) is 0 Å². The molecule has 1 saturated heterocycles. The van der Waals surface area contributed by atoms with E-state index in [1.807, 2.05) is 42.2 Å². The molecular weight excluding hydrogens is 396 g/mol. The van der Waals surface area contributed by atoms with Crippen molar-refractivity contribution in [2.24, 2.45) is 0 Å². The number of carbonyl (C=O) groups is 1. The van der Waals surface area contributed by atoms with Crippen LogP contribution in [0.1, 0.15) is 18.4 Å². The molecule has 1 aliphatic heterocycles. The zero-order chi connectivity index (χ0) is 18.5. The van der Waals surface area contributed by atoms with Gasteiger partial charge in [-0.05, 0) is 37.6 Å². The van der Waals surface area contributed by atoms with Crippen molar-refractivity contribution >= 4 is 27.7 Å². The van der Waals surface area contributed by atoms with Gasteiger partial charge in [-0.1, -0.05) is 22.9 Å². The van der Waals surface area contributed by atoms with Crippen LogP contribution in [0.15, 0.2) is 34.8 Å². The van der Waals surface area contributed by atoms with Crippen molar-refractivity contribution in [3.8, 4) is 5.75 Å². The molecule has 0 N–H and O–H groups in total.